The minimum absolute atomic E-state index is 0.536. The van der Waals surface area contributed by atoms with E-state index in [-0.39, 0.29) is 0 Å². The second-order valence-corrected chi connectivity index (χ2v) is 6.53. The second-order valence-electron chi connectivity index (χ2n) is 4.96. The van der Waals surface area contributed by atoms with Gasteiger partial charge in [-0.3, -0.25) is 0 Å². The molecule has 0 aliphatic heterocycles. The van der Waals surface area contributed by atoms with Crippen molar-refractivity contribution in [2.24, 2.45) is 0 Å². The normalized spacial score (nSPS) is 14.7. The SMILES string of the molecule is Clc1cc(-c2nnc(CCCNC3CC3)o2)ccc1I. The first kappa shape index (κ1) is 14.3. The van der Waals surface area contributed by atoms with Crippen molar-refractivity contribution in [3.8, 4) is 11.5 Å². The Bertz CT molecular complexity index is 598. The highest BCUT2D eigenvalue weighted by Gasteiger charge is 2.19. The van der Waals surface area contributed by atoms with Crippen LogP contribution in [0.4, 0.5) is 0 Å². The molecule has 20 heavy (non-hydrogen) atoms. The summed E-state index contributed by atoms with van der Waals surface area (Å²) in [6.45, 7) is 1.01. The maximum atomic E-state index is 6.10. The fourth-order valence-corrected chi connectivity index (χ4v) is 2.45. The third kappa shape index (κ3) is 3.71. The Kier molecular flexibility index (Phi) is 4.58. The van der Waals surface area contributed by atoms with Crippen molar-refractivity contribution < 1.29 is 4.42 Å². The maximum absolute atomic E-state index is 6.10. The van der Waals surface area contributed by atoms with Crippen molar-refractivity contribution in [1.29, 1.82) is 0 Å². The zero-order valence-corrected chi connectivity index (χ0v) is 13.8. The lowest BCUT2D eigenvalue weighted by Crippen LogP contribution is -2.17. The number of aryl methyl sites for hydroxylation is 1. The molecular weight excluding hydrogens is 389 g/mol. The third-order valence-electron chi connectivity index (χ3n) is 3.21. The topological polar surface area (TPSA) is 51.0 Å². The van der Waals surface area contributed by atoms with E-state index in [1.54, 1.807) is 0 Å². The number of rotatable bonds is 6. The quantitative estimate of drug-likeness (QED) is 0.590. The Labute approximate surface area is 136 Å². The van der Waals surface area contributed by atoms with E-state index in [4.69, 9.17) is 16.0 Å². The molecule has 1 N–H and O–H groups in total. The van der Waals surface area contributed by atoms with Crippen LogP contribution in [0.25, 0.3) is 11.5 Å². The molecule has 0 atom stereocenters. The van der Waals surface area contributed by atoms with E-state index in [2.05, 4.69) is 38.1 Å². The summed E-state index contributed by atoms with van der Waals surface area (Å²) in [6.07, 6.45) is 4.47. The molecule has 3 rings (SSSR count). The lowest BCUT2D eigenvalue weighted by molar-refractivity contribution is 0.491. The van der Waals surface area contributed by atoms with Crippen LogP contribution in [0.2, 0.25) is 5.02 Å². The van der Waals surface area contributed by atoms with Gasteiger partial charge in [-0.1, -0.05) is 11.6 Å². The van der Waals surface area contributed by atoms with Crippen molar-refractivity contribution in [3.63, 3.8) is 0 Å². The average molecular weight is 404 g/mol. The van der Waals surface area contributed by atoms with Gasteiger partial charge in [-0.05, 0) is 66.6 Å². The molecule has 2 aromatic rings. The zero-order chi connectivity index (χ0) is 13.9. The molecule has 0 spiro atoms. The number of nitrogens with one attached hydrogen (secondary N) is 1. The summed E-state index contributed by atoms with van der Waals surface area (Å²) in [5.74, 6) is 1.22. The van der Waals surface area contributed by atoms with Crippen LogP contribution in [0.5, 0.6) is 0 Å². The number of hydrogen-bond donors (Lipinski definition) is 1. The van der Waals surface area contributed by atoms with Crippen LogP contribution in [0.1, 0.15) is 25.2 Å². The van der Waals surface area contributed by atoms with E-state index in [0.29, 0.717) is 16.8 Å². The van der Waals surface area contributed by atoms with Crippen molar-refractivity contribution in [2.45, 2.75) is 31.7 Å². The number of nitrogens with zero attached hydrogens (tertiary/aromatic N) is 2. The van der Waals surface area contributed by atoms with Crippen LogP contribution in [0.15, 0.2) is 22.6 Å². The minimum atomic E-state index is 0.536. The molecule has 1 aromatic heterocycles. The van der Waals surface area contributed by atoms with Crippen LogP contribution in [-0.4, -0.2) is 22.8 Å². The van der Waals surface area contributed by atoms with Crippen molar-refractivity contribution in [1.82, 2.24) is 15.5 Å². The van der Waals surface area contributed by atoms with E-state index in [1.165, 1.54) is 12.8 Å². The molecule has 1 fully saturated rings. The summed E-state index contributed by atoms with van der Waals surface area (Å²) in [7, 11) is 0. The largest absolute Gasteiger partial charge is 0.421 e. The van der Waals surface area contributed by atoms with Gasteiger partial charge in [0.25, 0.3) is 0 Å². The highest BCUT2D eigenvalue weighted by atomic mass is 127. The standard InChI is InChI=1S/C14H15ClIN3O/c15-11-8-9(3-6-12(11)16)14-19-18-13(20-14)2-1-7-17-10-4-5-10/h3,6,8,10,17H,1-2,4-5,7H2. The summed E-state index contributed by atoms with van der Waals surface area (Å²) >= 11 is 8.30. The molecule has 4 nitrogen and oxygen atoms in total. The summed E-state index contributed by atoms with van der Waals surface area (Å²) < 4.78 is 6.69. The third-order valence-corrected chi connectivity index (χ3v) is 4.78. The maximum Gasteiger partial charge on any atom is 0.247 e. The fraction of sp³-hybridized carbons (Fsp3) is 0.429. The zero-order valence-electron chi connectivity index (χ0n) is 10.9. The van der Waals surface area contributed by atoms with Gasteiger partial charge in [0.1, 0.15) is 0 Å². The van der Waals surface area contributed by atoms with Gasteiger partial charge in [0.05, 0.1) is 5.02 Å². The molecule has 1 heterocycles. The van der Waals surface area contributed by atoms with Crippen LogP contribution in [0, 0.1) is 3.57 Å². The molecule has 0 unspecified atom stereocenters. The average Bonchev–Trinajstić information content (AvgIpc) is 3.15. The van der Waals surface area contributed by atoms with Crippen molar-refractivity contribution in [2.75, 3.05) is 6.54 Å². The van der Waals surface area contributed by atoms with E-state index in [0.717, 1.165) is 34.6 Å². The smallest absolute Gasteiger partial charge is 0.247 e. The lowest BCUT2D eigenvalue weighted by Gasteiger charge is -2.00. The lowest BCUT2D eigenvalue weighted by atomic mass is 10.2. The first-order valence-corrected chi connectivity index (χ1v) is 8.19. The Hall–Kier alpha value is -0.660. The van der Waals surface area contributed by atoms with Crippen LogP contribution >= 0.6 is 34.2 Å². The number of aromatic nitrogens is 2. The first-order chi connectivity index (χ1) is 9.72. The first-order valence-electron chi connectivity index (χ1n) is 6.73. The predicted octanol–water partition coefficient (Wildman–Crippen LogP) is 3.68. The molecule has 1 aromatic carbocycles. The summed E-state index contributed by atoms with van der Waals surface area (Å²) in [5.41, 5.74) is 0.866. The monoisotopic (exact) mass is 403 g/mol. The molecule has 1 saturated carbocycles. The number of halogens is 2. The van der Waals surface area contributed by atoms with Crippen molar-refractivity contribution in [3.05, 3.63) is 32.7 Å². The molecule has 0 bridgehead atoms. The number of hydrogen-bond acceptors (Lipinski definition) is 4. The minimum Gasteiger partial charge on any atom is -0.421 e. The van der Waals surface area contributed by atoms with Gasteiger partial charge >= 0.3 is 0 Å². The summed E-state index contributed by atoms with van der Waals surface area (Å²) in [5, 5.41) is 12.3. The molecule has 1 aliphatic rings. The Morgan fingerprint density at radius 3 is 2.95 bits per heavy atom. The summed E-state index contributed by atoms with van der Waals surface area (Å²) in [6, 6.07) is 6.50. The van der Waals surface area contributed by atoms with Gasteiger partial charge in [-0.2, -0.15) is 0 Å². The van der Waals surface area contributed by atoms with Gasteiger partial charge in [0.15, 0.2) is 0 Å². The van der Waals surface area contributed by atoms with Crippen molar-refractivity contribution >= 4 is 34.2 Å². The summed E-state index contributed by atoms with van der Waals surface area (Å²) in [4.78, 5) is 0. The Balaban J connectivity index is 1.58. The van der Waals surface area contributed by atoms with Gasteiger partial charge in [0.2, 0.25) is 11.8 Å². The molecule has 1 aliphatic carbocycles. The van der Waals surface area contributed by atoms with Crippen LogP contribution in [0.3, 0.4) is 0 Å². The highest BCUT2D eigenvalue weighted by molar-refractivity contribution is 14.1. The predicted molar refractivity (Wildman–Crippen MR) is 86.8 cm³/mol. The van der Waals surface area contributed by atoms with Gasteiger partial charge < -0.3 is 9.73 Å². The highest BCUT2D eigenvalue weighted by Crippen LogP contribution is 2.26. The van der Waals surface area contributed by atoms with E-state index in [1.807, 2.05) is 18.2 Å². The van der Waals surface area contributed by atoms with E-state index in [9.17, 15) is 0 Å². The van der Waals surface area contributed by atoms with E-state index < -0.39 is 0 Å². The van der Waals surface area contributed by atoms with Crippen LogP contribution in [-0.2, 0) is 6.42 Å². The second kappa shape index (κ2) is 6.41. The molecule has 0 radical (unpaired) electrons. The fourth-order valence-electron chi connectivity index (χ4n) is 1.93. The molecule has 0 amide bonds. The molecule has 6 heteroatoms. The molecule has 106 valence electrons. The molecular formula is C14H15ClIN3O. The van der Waals surface area contributed by atoms with E-state index >= 15 is 0 Å². The number of benzene rings is 1. The Morgan fingerprint density at radius 1 is 1.35 bits per heavy atom. The van der Waals surface area contributed by atoms with Gasteiger partial charge in [0, 0.05) is 21.6 Å². The molecule has 0 saturated heterocycles. The van der Waals surface area contributed by atoms with Gasteiger partial charge in [-0.15, -0.1) is 10.2 Å². The van der Waals surface area contributed by atoms with Gasteiger partial charge in [-0.25, -0.2) is 0 Å². The Morgan fingerprint density at radius 2 is 2.20 bits per heavy atom. The van der Waals surface area contributed by atoms with Crippen LogP contribution < -0.4 is 5.32 Å².